The highest BCUT2D eigenvalue weighted by Gasteiger charge is 2.11. The van der Waals surface area contributed by atoms with E-state index in [0.29, 0.717) is 0 Å². The van der Waals surface area contributed by atoms with Crippen LogP contribution in [0, 0.1) is 0 Å². The standard InChI is InChI=1S/C9H15NOSSi/c1-10(13(3)11-12-2)9-7-5-4-6-8-9/h4-8,13H,1-3H3. The van der Waals surface area contributed by atoms with Gasteiger partial charge in [0.05, 0.1) is 0 Å². The van der Waals surface area contributed by atoms with Crippen LogP contribution in [0.25, 0.3) is 0 Å². The Hall–Kier alpha value is -0.453. The Morgan fingerprint density at radius 2 is 1.92 bits per heavy atom. The van der Waals surface area contributed by atoms with Crippen molar-refractivity contribution in [2.45, 2.75) is 6.55 Å². The molecule has 1 unspecified atom stereocenters. The average Bonchev–Trinajstić information content (AvgIpc) is 2.18. The van der Waals surface area contributed by atoms with Gasteiger partial charge in [-0.1, -0.05) is 18.2 Å². The lowest BCUT2D eigenvalue weighted by atomic mass is 10.3. The van der Waals surface area contributed by atoms with Crippen molar-refractivity contribution >= 4 is 26.9 Å². The lowest BCUT2D eigenvalue weighted by Crippen LogP contribution is -2.34. The first kappa shape index (κ1) is 10.6. The Kier molecular flexibility index (Phi) is 4.34. The maximum Gasteiger partial charge on any atom is 0.295 e. The molecule has 4 heteroatoms. The van der Waals surface area contributed by atoms with Gasteiger partial charge in [-0.05, 0) is 37.8 Å². The van der Waals surface area contributed by atoms with Gasteiger partial charge in [0.15, 0.2) is 0 Å². The van der Waals surface area contributed by atoms with E-state index in [-0.39, 0.29) is 0 Å². The molecule has 0 N–H and O–H groups in total. The van der Waals surface area contributed by atoms with E-state index in [2.05, 4.69) is 30.3 Å². The quantitative estimate of drug-likeness (QED) is 0.562. The lowest BCUT2D eigenvalue weighted by Gasteiger charge is -2.24. The Morgan fingerprint density at radius 3 is 2.46 bits per heavy atom. The van der Waals surface area contributed by atoms with Crippen LogP contribution in [0.4, 0.5) is 5.69 Å². The molecule has 0 aromatic heterocycles. The lowest BCUT2D eigenvalue weighted by molar-refractivity contribution is 0.669. The molecule has 13 heavy (non-hydrogen) atoms. The van der Waals surface area contributed by atoms with Crippen LogP contribution in [0.5, 0.6) is 0 Å². The molecule has 1 rings (SSSR count). The molecule has 0 aliphatic carbocycles. The number of benzene rings is 1. The fourth-order valence-electron chi connectivity index (χ4n) is 1.08. The fraction of sp³-hybridized carbons (Fsp3) is 0.333. The van der Waals surface area contributed by atoms with Gasteiger partial charge in [-0.15, -0.1) is 0 Å². The van der Waals surface area contributed by atoms with E-state index in [4.69, 9.17) is 3.87 Å². The number of anilines is 1. The minimum absolute atomic E-state index is 1.23. The second kappa shape index (κ2) is 5.31. The minimum Gasteiger partial charge on any atom is -0.381 e. The maximum absolute atomic E-state index is 5.54. The van der Waals surface area contributed by atoms with E-state index in [1.54, 1.807) is 0 Å². The number of rotatable bonds is 4. The summed E-state index contributed by atoms with van der Waals surface area (Å²) < 4.78 is 7.77. The molecule has 0 saturated heterocycles. The predicted octanol–water partition coefficient (Wildman–Crippen LogP) is 2.27. The Bertz CT molecular complexity index is 245. The van der Waals surface area contributed by atoms with Crippen LogP contribution in [0.3, 0.4) is 0 Å². The fourth-order valence-corrected chi connectivity index (χ4v) is 3.30. The number of hydrogen-bond acceptors (Lipinski definition) is 3. The molecule has 72 valence electrons. The molecule has 0 aliphatic heterocycles. The highest BCUT2D eigenvalue weighted by molar-refractivity contribution is 7.94. The minimum atomic E-state index is -1.23. The normalized spacial score (nSPS) is 12.5. The summed E-state index contributed by atoms with van der Waals surface area (Å²) in [7, 11) is 0.859. The van der Waals surface area contributed by atoms with Crippen LogP contribution in [-0.2, 0) is 3.87 Å². The summed E-state index contributed by atoms with van der Waals surface area (Å²) in [4.78, 5) is 0. The van der Waals surface area contributed by atoms with Crippen LogP contribution < -0.4 is 4.57 Å². The van der Waals surface area contributed by atoms with E-state index in [0.717, 1.165) is 0 Å². The van der Waals surface area contributed by atoms with Crippen LogP contribution in [0.15, 0.2) is 30.3 Å². The molecular weight excluding hydrogens is 198 g/mol. The van der Waals surface area contributed by atoms with Crippen LogP contribution in [-0.4, -0.2) is 22.5 Å². The second-order valence-corrected chi connectivity index (χ2v) is 5.89. The SMILES string of the molecule is CSO[SiH](C)N(C)c1ccccc1. The Balaban J connectivity index is 2.62. The zero-order chi connectivity index (χ0) is 9.68. The molecule has 0 fully saturated rings. The van der Waals surface area contributed by atoms with Crippen molar-refractivity contribution in [1.29, 1.82) is 0 Å². The van der Waals surface area contributed by atoms with Crippen molar-refractivity contribution in [2.75, 3.05) is 17.9 Å². The van der Waals surface area contributed by atoms with Crippen molar-refractivity contribution in [1.82, 2.24) is 0 Å². The van der Waals surface area contributed by atoms with Crippen LogP contribution >= 0.6 is 12.0 Å². The summed E-state index contributed by atoms with van der Waals surface area (Å²) in [6.07, 6.45) is 1.96. The van der Waals surface area contributed by atoms with E-state index in [1.165, 1.54) is 17.7 Å². The van der Waals surface area contributed by atoms with Gasteiger partial charge < -0.3 is 8.44 Å². The molecule has 1 atom stereocenters. The zero-order valence-electron chi connectivity index (χ0n) is 8.23. The molecular formula is C9H15NOSSi. The van der Waals surface area contributed by atoms with Gasteiger partial charge in [0.1, 0.15) is 0 Å². The van der Waals surface area contributed by atoms with Crippen molar-refractivity contribution < 1.29 is 3.87 Å². The molecule has 0 saturated carbocycles. The smallest absolute Gasteiger partial charge is 0.295 e. The highest BCUT2D eigenvalue weighted by atomic mass is 32.2. The van der Waals surface area contributed by atoms with Gasteiger partial charge in [0.25, 0.3) is 9.20 Å². The summed E-state index contributed by atoms with van der Waals surface area (Å²) in [5.41, 5.74) is 1.23. The Morgan fingerprint density at radius 1 is 1.31 bits per heavy atom. The van der Waals surface area contributed by atoms with Crippen molar-refractivity contribution in [3.63, 3.8) is 0 Å². The third-order valence-electron chi connectivity index (χ3n) is 1.94. The van der Waals surface area contributed by atoms with E-state index in [1.807, 2.05) is 24.5 Å². The van der Waals surface area contributed by atoms with Gasteiger partial charge in [-0.2, -0.15) is 0 Å². The molecule has 0 aliphatic rings. The molecule has 1 aromatic rings. The van der Waals surface area contributed by atoms with Crippen molar-refractivity contribution in [3.05, 3.63) is 30.3 Å². The predicted molar refractivity (Wildman–Crippen MR) is 62.5 cm³/mol. The molecule has 0 bridgehead atoms. The first-order chi connectivity index (χ1) is 6.25. The molecule has 0 spiro atoms. The summed E-state index contributed by atoms with van der Waals surface area (Å²) in [5, 5.41) is 0. The van der Waals surface area contributed by atoms with Crippen LogP contribution in [0.1, 0.15) is 0 Å². The van der Waals surface area contributed by atoms with Crippen LogP contribution in [0.2, 0.25) is 6.55 Å². The summed E-state index contributed by atoms with van der Waals surface area (Å²) in [6.45, 7) is 2.17. The average molecular weight is 213 g/mol. The molecule has 0 amide bonds. The molecule has 0 radical (unpaired) electrons. The first-order valence-corrected chi connectivity index (χ1v) is 7.52. The third-order valence-corrected chi connectivity index (χ3v) is 5.22. The van der Waals surface area contributed by atoms with Gasteiger partial charge in [-0.3, -0.25) is 0 Å². The molecule has 0 heterocycles. The zero-order valence-corrected chi connectivity index (χ0v) is 10.2. The summed E-state index contributed by atoms with van der Waals surface area (Å²) >= 11 is 1.45. The maximum atomic E-state index is 5.54. The second-order valence-electron chi connectivity index (χ2n) is 2.81. The monoisotopic (exact) mass is 213 g/mol. The van der Waals surface area contributed by atoms with E-state index >= 15 is 0 Å². The third kappa shape index (κ3) is 3.06. The highest BCUT2D eigenvalue weighted by Crippen LogP contribution is 2.14. The summed E-state index contributed by atoms with van der Waals surface area (Å²) in [5.74, 6) is 0. The number of hydrogen-bond donors (Lipinski definition) is 0. The topological polar surface area (TPSA) is 12.5 Å². The van der Waals surface area contributed by atoms with E-state index < -0.39 is 9.20 Å². The van der Waals surface area contributed by atoms with Gasteiger partial charge >= 0.3 is 0 Å². The molecule has 1 aromatic carbocycles. The summed E-state index contributed by atoms with van der Waals surface area (Å²) in [6, 6.07) is 10.3. The number of nitrogens with zero attached hydrogens (tertiary/aromatic N) is 1. The number of para-hydroxylation sites is 1. The van der Waals surface area contributed by atoms with Crippen molar-refractivity contribution in [2.24, 2.45) is 0 Å². The van der Waals surface area contributed by atoms with Gasteiger partial charge in [0, 0.05) is 11.9 Å². The van der Waals surface area contributed by atoms with Crippen molar-refractivity contribution in [3.8, 4) is 0 Å². The first-order valence-electron chi connectivity index (χ1n) is 4.23. The molecule has 2 nitrogen and oxygen atoms in total. The largest absolute Gasteiger partial charge is 0.381 e. The van der Waals surface area contributed by atoms with Gasteiger partial charge in [0.2, 0.25) is 0 Å². The Labute approximate surface area is 85.9 Å². The van der Waals surface area contributed by atoms with Gasteiger partial charge in [-0.25, -0.2) is 0 Å². The van der Waals surface area contributed by atoms with E-state index in [9.17, 15) is 0 Å².